The fraction of sp³-hybridized carbons (Fsp3) is 0.143. The Bertz CT molecular complexity index is 220. The Morgan fingerprint density at radius 3 is 2.56 bits per heavy atom. The van der Waals surface area contributed by atoms with E-state index < -0.39 is 0 Å². The summed E-state index contributed by atoms with van der Waals surface area (Å²) >= 11 is 5.50. The van der Waals surface area contributed by atoms with E-state index in [1.54, 1.807) is 12.1 Å². The third-order valence-electron chi connectivity index (χ3n) is 1.09. The van der Waals surface area contributed by atoms with Crippen LogP contribution >= 0.6 is 11.6 Å². The van der Waals surface area contributed by atoms with Gasteiger partial charge in [0.15, 0.2) is 5.75 Å². The molecule has 1 aromatic rings. The van der Waals surface area contributed by atoms with Crippen LogP contribution in [0.25, 0.3) is 0 Å². The average Bonchev–Trinajstić information content (AvgIpc) is 1.80. The van der Waals surface area contributed by atoms with Crippen LogP contribution in [0.2, 0.25) is 5.02 Å². The van der Waals surface area contributed by atoms with E-state index in [-0.39, 0.29) is 5.75 Å². The van der Waals surface area contributed by atoms with Crippen molar-refractivity contribution < 1.29 is 5.11 Å². The Kier molecular flexibility index (Phi) is 1.63. The van der Waals surface area contributed by atoms with Gasteiger partial charge in [-0.15, -0.1) is 0 Å². The van der Waals surface area contributed by atoms with Crippen molar-refractivity contribution in [3.05, 3.63) is 28.8 Å². The zero-order valence-corrected chi connectivity index (χ0v) is 5.77. The summed E-state index contributed by atoms with van der Waals surface area (Å²) in [5.41, 5.74) is 1.01. The van der Waals surface area contributed by atoms with Crippen molar-refractivity contribution in [3.8, 4) is 5.75 Å². The number of halogens is 1. The minimum atomic E-state index is -0.109. The van der Waals surface area contributed by atoms with E-state index in [2.05, 4.69) is 0 Å². The second-order valence-corrected chi connectivity index (χ2v) is 2.34. The maximum atomic E-state index is 10.6. The summed E-state index contributed by atoms with van der Waals surface area (Å²) in [6.45, 7) is 1.89. The summed E-state index contributed by atoms with van der Waals surface area (Å²) in [6, 6.07) is 4.87. The number of hydrogen-bond donors (Lipinski definition) is 0. The molecule has 1 aromatic carbocycles. The third kappa shape index (κ3) is 1.36. The van der Waals surface area contributed by atoms with E-state index in [9.17, 15) is 5.11 Å². The Morgan fingerprint density at radius 1 is 1.44 bits per heavy atom. The van der Waals surface area contributed by atoms with Crippen molar-refractivity contribution >= 4 is 11.6 Å². The molecule has 9 heavy (non-hydrogen) atoms. The van der Waals surface area contributed by atoms with E-state index in [1.807, 2.05) is 6.92 Å². The fourth-order valence-electron chi connectivity index (χ4n) is 0.606. The van der Waals surface area contributed by atoms with Crippen LogP contribution in [0.5, 0.6) is 5.75 Å². The van der Waals surface area contributed by atoms with Crippen LogP contribution in [-0.4, -0.2) is 0 Å². The van der Waals surface area contributed by atoms with Crippen LogP contribution in [0, 0.1) is 6.92 Å². The molecule has 0 aliphatic rings. The molecule has 0 unspecified atom stereocenters. The highest BCUT2D eigenvalue weighted by Crippen LogP contribution is 2.23. The van der Waals surface area contributed by atoms with Crippen LogP contribution in [0.4, 0.5) is 0 Å². The topological polar surface area (TPSA) is 19.9 Å². The molecule has 0 bridgehead atoms. The van der Waals surface area contributed by atoms with Gasteiger partial charge < -0.3 is 0 Å². The van der Waals surface area contributed by atoms with E-state index in [0.717, 1.165) is 5.56 Å². The second-order valence-electron chi connectivity index (χ2n) is 1.93. The van der Waals surface area contributed by atoms with Gasteiger partial charge in [0.1, 0.15) is 0 Å². The monoisotopic (exact) mass is 141 g/mol. The van der Waals surface area contributed by atoms with Gasteiger partial charge in [-0.2, -0.15) is 0 Å². The Labute approximate surface area is 58.9 Å². The molecule has 0 spiro atoms. The maximum Gasteiger partial charge on any atom is 0.197 e. The van der Waals surface area contributed by atoms with Gasteiger partial charge in [-0.05, 0) is 24.6 Å². The van der Waals surface area contributed by atoms with E-state index in [1.165, 1.54) is 6.07 Å². The molecule has 1 radical (unpaired) electrons. The van der Waals surface area contributed by atoms with Crippen LogP contribution in [0.1, 0.15) is 5.56 Å². The fourth-order valence-corrected chi connectivity index (χ4v) is 0.841. The second kappa shape index (κ2) is 2.28. The lowest BCUT2D eigenvalue weighted by atomic mass is 10.2. The molecular weight excluding hydrogens is 136 g/mol. The van der Waals surface area contributed by atoms with Gasteiger partial charge >= 0.3 is 0 Å². The molecule has 0 atom stereocenters. The molecule has 47 valence electrons. The molecule has 0 heterocycles. The molecular formula is C7H6ClO. The summed E-state index contributed by atoms with van der Waals surface area (Å²) in [6.07, 6.45) is 0. The largest absolute Gasteiger partial charge is 0.288 e. The Hall–Kier alpha value is -0.690. The van der Waals surface area contributed by atoms with Crippen LogP contribution in [0.3, 0.4) is 0 Å². The standard InChI is InChI=1S/C7H6ClO/c1-5-2-3-7(9)6(8)4-5/h2-4H,1H3. The molecule has 1 nitrogen and oxygen atoms in total. The first-order valence-corrected chi connectivity index (χ1v) is 3.01. The predicted molar refractivity (Wildman–Crippen MR) is 36.3 cm³/mol. The molecule has 2 heteroatoms. The summed E-state index contributed by atoms with van der Waals surface area (Å²) in [5.74, 6) is -0.109. The van der Waals surface area contributed by atoms with E-state index in [4.69, 9.17) is 11.6 Å². The quantitative estimate of drug-likeness (QED) is 0.530. The van der Waals surface area contributed by atoms with Crippen molar-refractivity contribution in [2.45, 2.75) is 6.92 Å². The van der Waals surface area contributed by atoms with Gasteiger partial charge in [0.25, 0.3) is 0 Å². The minimum absolute atomic E-state index is 0.109. The van der Waals surface area contributed by atoms with E-state index in [0.29, 0.717) is 5.02 Å². The number of benzene rings is 1. The van der Waals surface area contributed by atoms with Gasteiger partial charge in [0.2, 0.25) is 0 Å². The molecule has 1 rings (SSSR count). The molecule has 0 aliphatic heterocycles. The van der Waals surface area contributed by atoms with Crippen LogP contribution in [0.15, 0.2) is 18.2 Å². The van der Waals surface area contributed by atoms with Crippen molar-refractivity contribution in [1.29, 1.82) is 0 Å². The zero-order valence-electron chi connectivity index (χ0n) is 5.02. The van der Waals surface area contributed by atoms with Crippen LogP contribution in [-0.2, 0) is 5.11 Å². The number of rotatable bonds is 0. The smallest absolute Gasteiger partial charge is 0.197 e. The highest BCUT2D eigenvalue weighted by atomic mass is 35.5. The Morgan fingerprint density at radius 2 is 2.11 bits per heavy atom. The first kappa shape index (κ1) is 6.43. The van der Waals surface area contributed by atoms with Gasteiger partial charge in [0, 0.05) is 0 Å². The molecule has 0 N–H and O–H groups in total. The lowest BCUT2D eigenvalue weighted by Crippen LogP contribution is -1.69. The molecule has 0 amide bonds. The van der Waals surface area contributed by atoms with E-state index >= 15 is 0 Å². The molecule has 0 aliphatic carbocycles. The first-order chi connectivity index (χ1) is 4.20. The highest BCUT2D eigenvalue weighted by Gasteiger charge is 1.96. The summed E-state index contributed by atoms with van der Waals surface area (Å²) in [7, 11) is 0. The van der Waals surface area contributed by atoms with Gasteiger partial charge in [0.05, 0.1) is 5.02 Å². The summed E-state index contributed by atoms with van der Waals surface area (Å²) in [4.78, 5) is 0. The molecule has 0 saturated heterocycles. The average molecular weight is 142 g/mol. The minimum Gasteiger partial charge on any atom is -0.288 e. The molecule has 0 fully saturated rings. The van der Waals surface area contributed by atoms with Crippen molar-refractivity contribution in [3.63, 3.8) is 0 Å². The number of hydrogen-bond acceptors (Lipinski definition) is 0. The number of aryl methyl sites for hydroxylation is 1. The van der Waals surface area contributed by atoms with Crippen molar-refractivity contribution in [2.75, 3.05) is 0 Å². The lowest BCUT2D eigenvalue weighted by Gasteiger charge is -1.92. The third-order valence-corrected chi connectivity index (χ3v) is 1.38. The summed E-state index contributed by atoms with van der Waals surface area (Å²) < 4.78 is 0. The summed E-state index contributed by atoms with van der Waals surface area (Å²) in [5, 5.41) is 10.9. The van der Waals surface area contributed by atoms with Crippen LogP contribution < -0.4 is 0 Å². The normalized spacial score (nSPS) is 9.56. The SMILES string of the molecule is Cc1ccc([O])c(Cl)c1. The van der Waals surface area contributed by atoms with Gasteiger partial charge in [-0.3, -0.25) is 5.11 Å². The first-order valence-electron chi connectivity index (χ1n) is 2.63. The van der Waals surface area contributed by atoms with Crippen molar-refractivity contribution in [2.24, 2.45) is 0 Å². The lowest BCUT2D eigenvalue weighted by molar-refractivity contribution is 0.355. The van der Waals surface area contributed by atoms with Gasteiger partial charge in [-0.25, -0.2) is 0 Å². The zero-order chi connectivity index (χ0) is 6.85. The van der Waals surface area contributed by atoms with Crippen molar-refractivity contribution in [1.82, 2.24) is 0 Å². The maximum absolute atomic E-state index is 10.6. The molecule has 0 aromatic heterocycles. The Balaban J connectivity index is 3.17. The van der Waals surface area contributed by atoms with Gasteiger partial charge in [-0.1, -0.05) is 17.7 Å². The molecule has 0 saturated carbocycles. The predicted octanol–water partition coefficient (Wildman–Crippen LogP) is 2.79. The highest BCUT2D eigenvalue weighted by molar-refractivity contribution is 6.32.